The van der Waals surface area contributed by atoms with Crippen LogP contribution in [0.2, 0.25) is 0 Å². The number of rotatable bonds is 4. The van der Waals surface area contributed by atoms with E-state index in [1.807, 2.05) is 18.3 Å². The van der Waals surface area contributed by atoms with Gasteiger partial charge in [-0.2, -0.15) is 0 Å². The summed E-state index contributed by atoms with van der Waals surface area (Å²) in [6, 6.07) is 9.37. The highest BCUT2D eigenvalue weighted by molar-refractivity contribution is 5.99. The number of hydrogen-bond acceptors (Lipinski definition) is 4. The Morgan fingerprint density at radius 3 is 2.68 bits per heavy atom. The lowest BCUT2D eigenvalue weighted by Crippen LogP contribution is -2.45. The van der Waals surface area contributed by atoms with Crippen molar-refractivity contribution in [2.75, 3.05) is 13.1 Å². The number of fused-ring (bicyclic) bond motifs is 1. The van der Waals surface area contributed by atoms with Crippen molar-refractivity contribution < 1.29 is 9.18 Å². The van der Waals surface area contributed by atoms with Crippen molar-refractivity contribution in [3.63, 3.8) is 0 Å². The largest absolute Gasteiger partial charge is 0.338 e. The van der Waals surface area contributed by atoms with Gasteiger partial charge in [-0.25, -0.2) is 4.39 Å². The predicted molar refractivity (Wildman–Crippen MR) is 116 cm³/mol. The van der Waals surface area contributed by atoms with Gasteiger partial charge >= 0.3 is 0 Å². The number of aryl methyl sites for hydroxylation is 2. The number of alkyl halides is 1. The summed E-state index contributed by atoms with van der Waals surface area (Å²) in [6.45, 7) is 0.802. The molecule has 3 aromatic heterocycles. The molecule has 1 saturated heterocycles. The van der Waals surface area contributed by atoms with Gasteiger partial charge in [0.25, 0.3) is 5.91 Å². The zero-order valence-electron chi connectivity index (χ0n) is 17.4. The van der Waals surface area contributed by atoms with Crippen LogP contribution in [0.1, 0.15) is 46.4 Å². The van der Waals surface area contributed by atoms with Gasteiger partial charge in [-0.05, 0) is 67.5 Å². The van der Waals surface area contributed by atoms with Gasteiger partial charge in [0, 0.05) is 55.6 Å². The van der Waals surface area contributed by atoms with E-state index in [1.165, 1.54) is 11.3 Å². The lowest BCUT2D eigenvalue weighted by Gasteiger charge is -2.36. The first-order valence-corrected chi connectivity index (χ1v) is 10.9. The molecule has 4 heterocycles. The molecule has 31 heavy (non-hydrogen) atoms. The molecule has 5 rings (SSSR count). The van der Waals surface area contributed by atoms with E-state index in [1.54, 1.807) is 35.6 Å². The molecule has 0 atom stereocenters. The minimum atomic E-state index is -1.30. The van der Waals surface area contributed by atoms with Gasteiger partial charge in [0.1, 0.15) is 5.67 Å². The van der Waals surface area contributed by atoms with Crippen LogP contribution in [0.3, 0.4) is 0 Å². The Hall–Kier alpha value is -3.15. The van der Waals surface area contributed by atoms with Crippen LogP contribution >= 0.6 is 0 Å². The van der Waals surface area contributed by atoms with Crippen molar-refractivity contribution in [2.45, 2.75) is 44.2 Å². The maximum absolute atomic E-state index is 15.6. The van der Waals surface area contributed by atoms with E-state index in [9.17, 15) is 4.79 Å². The molecule has 1 aliphatic carbocycles. The number of nitrogens with zero attached hydrogens (tertiary/aromatic N) is 4. The molecule has 0 unspecified atom stereocenters. The number of amides is 1. The lowest BCUT2D eigenvalue weighted by atomic mass is 9.86. The molecule has 1 amide bonds. The van der Waals surface area contributed by atoms with Crippen LogP contribution in [-0.2, 0) is 19.3 Å². The van der Waals surface area contributed by atoms with E-state index in [0.717, 1.165) is 30.4 Å². The van der Waals surface area contributed by atoms with Crippen LogP contribution < -0.4 is 0 Å². The second-order valence-corrected chi connectivity index (χ2v) is 8.56. The number of pyridine rings is 3. The molecule has 0 bridgehead atoms. The first kappa shape index (κ1) is 19.8. The monoisotopic (exact) mass is 416 g/mol. The molecule has 0 aromatic carbocycles. The molecule has 158 valence electrons. The van der Waals surface area contributed by atoms with Crippen LogP contribution in [0.25, 0.3) is 11.3 Å². The van der Waals surface area contributed by atoms with Crippen LogP contribution in [0.4, 0.5) is 4.39 Å². The van der Waals surface area contributed by atoms with Gasteiger partial charge in [-0.1, -0.05) is 6.07 Å². The molecule has 1 aliphatic heterocycles. The first-order chi connectivity index (χ1) is 15.1. The highest BCUT2D eigenvalue weighted by atomic mass is 19.1. The maximum atomic E-state index is 15.6. The quantitative estimate of drug-likeness (QED) is 0.639. The van der Waals surface area contributed by atoms with Gasteiger partial charge in [0.2, 0.25) is 0 Å². The van der Waals surface area contributed by atoms with E-state index in [4.69, 9.17) is 0 Å². The summed E-state index contributed by atoms with van der Waals surface area (Å²) >= 11 is 0. The summed E-state index contributed by atoms with van der Waals surface area (Å²) < 4.78 is 15.6. The number of piperidine rings is 1. The zero-order valence-corrected chi connectivity index (χ0v) is 17.4. The smallest absolute Gasteiger partial charge is 0.256 e. The molecule has 3 aromatic rings. The summed E-state index contributed by atoms with van der Waals surface area (Å²) in [5.41, 5.74) is 4.13. The van der Waals surface area contributed by atoms with Crippen molar-refractivity contribution in [3.05, 3.63) is 77.5 Å². The molecule has 0 saturated carbocycles. The minimum absolute atomic E-state index is 0.0961. The fourth-order valence-electron chi connectivity index (χ4n) is 4.71. The number of carbonyl (C=O) groups is 1. The number of hydrogen-bond donors (Lipinski definition) is 0. The van der Waals surface area contributed by atoms with Gasteiger partial charge in [0.15, 0.2) is 0 Å². The maximum Gasteiger partial charge on any atom is 0.256 e. The number of likely N-dealkylation sites (tertiary alicyclic amines) is 1. The minimum Gasteiger partial charge on any atom is -0.338 e. The molecule has 2 aliphatic rings. The summed E-state index contributed by atoms with van der Waals surface area (Å²) in [6.07, 6.45) is 11.1. The predicted octanol–water partition coefficient (Wildman–Crippen LogP) is 4.21. The summed E-state index contributed by atoms with van der Waals surface area (Å²) in [5, 5.41) is 0. The third-order valence-electron chi connectivity index (χ3n) is 6.44. The fraction of sp³-hybridized carbons (Fsp3) is 0.360. The Morgan fingerprint density at radius 1 is 1.06 bits per heavy atom. The van der Waals surface area contributed by atoms with Crippen LogP contribution in [0, 0.1) is 0 Å². The molecular weight excluding hydrogens is 391 g/mol. The summed E-state index contributed by atoms with van der Waals surface area (Å²) in [7, 11) is 0. The fourth-order valence-corrected chi connectivity index (χ4v) is 4.71. The Balaban J connectivity index is 1.28. The third kappa shape index (κ3) is 4.07. The van der Waals surface area contributed by atoms with Crippen molar-refractivity contribution in [1.29, 1.82) is 0 Å². The summed E-state index contributed by atoms with van der Waals surface area (Å²) in [5.74, 6) is -0.0961. The standard InChI is InChI=1S/C25H25FN4O/c26-25(16-18-15-20-3-1-5-22(20)29-17-18)8-13-30(14-9-25)24(31)21-4-2-10-28-23(21)19-6-11-27-12-7-19/h2,4,6-7,10-12,15,17H,1,3,5,8-9,13-14,16H2. The zero-order chi connectivity index (χ0) is 21.3. The Labute approximate surface area is 181 Å². The summed E-state index contributed by atoms with van der Waals surface area (Å²) in [4.78, 5) is 28.0. The normalized spacial score (nSPS) is 17.4. The van der Waals surface area contributed by atoms with Gasteiger partial charge < -0.3 is 4.90 Å². The van der Waals surface area contributed by atoms with E-state index >= 15 is 4.39 Å². The molecule has 5 nitrogen and oxygen atoms in total. The first-order valence-electron chi connectivity index (χ1n) is 10.9. The number of aromatic nitrogens is 3. The van der Waals surface area contributed by atoms with Crippen molar-refractivity contribution in [3.8, 4) is 11.3 Å². The van der Waals surface area contributed by atoms with Gasteiger partial charge in [-0.15, -0.1) is 0 Å². The van der Waals surface area contributed by atoms with E-state index in [2.05, 4.69) is 21.0 Å². The Kier molecular flexibility index (Phi) is 5.22. The molecular formula is C25H25FN4O. The molecule has 1 fully saturated rings. The highest BCUT2D eigenvalue weighted by Crippen LogP contribution is 2.33. The van der Waals surface area contributed by atoms with E-state index in [0.29, 0.717) is 43.6 Å². The second-order valence-electron chi connectivity index (χ2n) is 8.56. The number of carbonyl (C=O) groups excluding carboxylic acids is 1. The molecule has 0 spiro atoms. The topological polar surface area (TPSA) is 59.0 Å². The van der Waals surface area contributed by atoms with Gasteiger partial charge in [0.05, 0.1) is 11.3 Å². The second kappa shape index (κ2) is 8.17. The Morgan fingerprint density at radius 2 is 1.87 bits per heavy atom. The highest BCUT2D eigenvalue weighted by Gasteiger charge is 2.37. The average Bonchev–Trinajstić information content (AvgIpc) is 3.27. The van der Waals surface area contributed by atoms with Crippen molar-refractivity contribution in [1.82, 2.24) is 19.9 Å². The van der Waals surface area contributed by atoms with E-state index < -0.39 is 5.67 Å². The van der Waals surface area contributed by atoms with E-state index in [-0.39, 0.29) is 5.91 Å². The van der Waals surface area contributed by atoms with Crippen LogP contribution in [0.15, 0.2) is 55.1 Å². The van der Waals surface area contributed by atoms with Gasteiger partial charge in [-0.3, -0.25) is 19.7 Å². The average molecular weight is 417 g/mol. The third-order valence-corrected chi connectivity index (χ3v) is 6.44. The SMILES string of the molecule is O=C(c1cccnc1-c1ccncc1)N1CCC(F)(Cc2cnc3c(c2)CCC3)CC1. The molecule has 0 radical (unpaired) electrons. The molecule has 0 N–H and O–H groups in total. The van der Waals surface area contributed by atoms with Crippen molar-refractivity contribution >= 4 is 5.91 Å². The lowest BCUT2D eigenvalue weighted by molar-refractivity contribution is 0.0437. The van der Waals surface area contributed by atoms with Crippen LogP contribution in [-0.4, -0.2) is 44.5 Å². The van der Waals surface area contributed by atoms with Crippen LogP contribution in [0.5, 0.6) is 0 Å². The number of halogens is 1. The Bertz CT molecular complexity index is 1090. The van der Waals surface area contributed by atoms with Crippen molar-refractivity contribution in [2.24, 2.45) is 0 Å². The molecule has 6 heteroatoms.